The zero-order valence-corrected chi connectivity index (χ0v) is 7.62. The summed E-state index contributed by atoms with van der Waals surface area (Å²) >= 11 is 0. The van der Waals surface area contributed by atoms with Crippen LogP contribution in [0.1, 0.15) is 32.1 Å². The van der Waals surface area contributed by atoms with Crippen molar-refractivity contribution in [2.75, 3.05) is 0 Å². The number of nitrogens with one attached hydrogen (secondary N) is 1. The summed E-state index contributed by atoms with van der Waals surface area (Å²) in [7, 11) is 0. The van der Waals surface area contributed by atoms with Crippen molar-refractivity contribution in [2.24, 2.45) is 5.73 Å². The minimum atomic E-state index is -0.419. The van der Waals surface area contributed by atoms with Gasteiger partial charge in [-0.1, -0.05) is 12.8 Å². The van der Waals surface area contributed by atoms with Crippen LogP contribution in [0.15, 0.2) is 0 Å². The average molecular weight is 181 g/mol. The Kier molecular flexibility index (Phi) is 3.71. The molecule has 0 aliphatic heterocycles. The van der Waals surface area contributed by atoms with Gasteiger partial charge < -0.3 is 5.73 Å². The fraction of sp³-hybridized carbons (Fsp3) is 0.778. The van der Waals surface area contributed by atoms with Gasteiger partial charge in [0.2, 0.25) is 5.91 Å². The van der Waals surface area contributed by atoms with Crippen LogP contribution in [0, 0.1) is 11.3 Å². The zero-order chi connectivity index (χ0) is 9.68. The average Bonchev–Trinajstić information content (AvgIpc) is 2.55. The second kappa shape index (κ2) is 4.83. The van der Waals surface area contributed by atoms with Gasteiger partial charge in [0, 0.05) is 6.04 Å². The third-order valence-corrected chi connectivity index (χ3v) is 2.35. The molecule has 4 heteroatoms. The Morgan fingerprint density at radius 2 is 2.23 bits per heavy atom. The van der Waals surface area contributed by atoms with Gasteiger partial charge in [-0.15, -0.1) is 0 Å². The summed E-state index contributed by atoms with van der Waals surface area (Å²) in [6, 6.07) is 2.05. The largest absolute Gasteiger partial charge is 0.370 e. The van der Waals surface area contributed by atoms with E-state index in [9.17, 15) is 4.79 Å². The van der Waals surface area contributed by atoms with Crippen LogP contribution in [0.3, 0.4) is 0 Å². The first-order chi connectivity index (χ1) is 6.22. The predicted molar refractivity (Wildman–Crippen MR) is 48.6 cm³/mol. The second-order valence-corrected chi connectivity index (χ2v) is 3.50. The number of nitrogens with zero attached hydrogens (tertiary/aromatic N) is 1. The topological polar surface area (TPSA) is 78.9 Å². The Bertz CT molecular complexity index is 215. The molecule has 0 aromatic rings. The Balaban J connectivity index is 2.31. The quantitative estimate of drug-likeness (QED) is 0.654. The number of carbonyl (C=O) groups excluding carboxylic acids is 1. The van der Waals surface area contributed by atoms with Crippen molar-refractivity contribution in [3.8, 4) is 6.07 Å². The number of nitriles is 1. The minimum absolute atomic E-state index is 0.118. The summed E-state index contributed by atoms with van der Waals surface area (Å²) < 4.78 is 0. The third-order valence-electron chi connectivity index (χ3n) is 2.35. The van der Waals surface area contributed by atoms with Crippen LogP contribution < -0.4 is 11.1 Å². The lowest BCUT2D eigenvalue weighted by atomic mass is 10.1. The molecule has 1 atom stereocenters. The summed E-state index contributed by atoms with van der Waals surface area (Å²) in [5.74, 6) is -0.419. The van der Waals surface area contributed by atoms with Gasteiger partial charge in [-0.25, -0.2) is 0 Å². The Labute approximate surface area is 78.1 Å². The van der Waals surface area contributed by atoms with Crippen molar-refractivity contribution in [3.63, 3.8) is 0 Å². The maximum absolute atomic E-state index is 10.6. The van der Waals surface area contributed by atoms with Crippen molar-refractivity contribution in [1.82, 2.24) is 5.32 Å². The molecule has 1 amide bonds. The molecule has 1 rings (SSSR count). The fourth-order valence-electron chi connectivity index (χ4n) is 1.72. The number of rotatable bonds is 4. The molecule has 0 saturated heterocycles. The normalized spacial score (nSPS) is 19.6. The van der Waals surface area contributed by atoms with E-state index >= 15 is 0 Å². The molecule has 0 aromatic carbocycles. The molecular formula is C9H15N3O. The van der Waals surface area contributed by atoms with E-state index in [0.717, 1.165) is 12.8 Å². The molecule has 72 valence electrons. The van der Waals surface area contributed by atoms with Crippen molar-refractivity contribution < 1.29 is 4.79 Å². The van der Waals surface area contributed by atoms with E-state index in [0.29, 0.717) is 6.04 Å². The predicted octanol–water partition coefficient (Wildman–Crippen LogP) is 0.286. The van der Waals surface area contributed by atoms with Crippen LogP contribution >= 0.6 is 0 Å². The van der Waals surface area contributed by atoms with E-state index in [4.69, 9.17) is 11.0 Å². The first-order valence-corrected chi connectivity index (χ1v) is 4.66. The molecule has 1 aliphatic rings. The first-order valence-electron chi connectivity index (χ1n) is 4.66. The van der Waals surface area contributed by atoms with Crippen LogP contribution in [0.2, 0.25) is 0 Å². The SMILES string of the molecule is N#CC(CC(N)=O)NC1CCCC1. The number of primary amides is 1. The molecular weight excluding hydrogens is 166 g/mol. The molecule has 0 bridgehead atoms. The number of hydrogen-bond donors (Lipinski definition) is 2. The zero-order valence-electron chi connectivity index (χ0n) is 7.62. The van der Waals surface area contributed by atoms with Gasteiger partial charge in [-0.05, 0) is 12.8 Å². The van der Waals surface area contributed by atoms with Crippen LogP contribution in [-0.4, -0.2) is 18.0 Å². The maximum Gasteiger partial charge on any atom is 0.220 e. The van der Waals surface area contributed by atoms with Gasteiger partial charge in [-0.2, -0.15) is 5.26 Å². The van der Waals surface area contributed by atoms with Crippen LogP contribution in [0.5, 0.6) is 0 Å². The molecule has 3 N–H and O–H groups in total. The monoisotopic (exact) mass is 181 g/mol. The number of amides is 1. The lowest BCUT2D eigenvalue weighted by molar-refractivity contribution is -0.118. The highest BCUT2D eigenvalue weighted by Crippen LogP contribution is 2.18. The highest BCUT2D eigenvalue weighted by atomic mass is 16.1. The summed E-state index contributed by atoms with van der Waals surface area (Å²) in [5.41, 5.74) is 5.01. The van der Waals surface area contributed by atoms with Crippen molar-refractivity contribution >= 4 is 5.91 Å². The summed E-state index contributed by atoms with van der Waals surface area (Å²) in [5, 5.41) is 11.8. The van der Waals surface area contributed by atoms with Gasteiger partial charge in [0.15, 0.2) is 0 Å². The molecule has 1 saturated carbocycles. The van der Waals surface area contributed by atoms with Crippen molar-refractivity contribution in [2.45, 2.75) is 44.2 Å². The van der Waals surface area contributed by atoms with Crippen LogP contribution in [0.25, 0.3) is 0 Å². The Morgan fingerprint density at radius 3 is 2.69 bits per heavy atom. The van der Waals surface area contributed by atoms with Gasteiger partial charge >= 0.3 is 0 Å². The summed E-state index contributed by atoms with van der Waals surface area (Å²) in [4.78, 5) is 10.6. The van der Waals surface area contributed by atoms with Crippen LogP contribution in [0.4, 0.5) is 0 Å². The van der Waals surface area contributed by atoms with E-state index in [2.05, 4.69) is 5.32 Å². The van der Waals surface area contributed by atoms with E-state index in [-0.39, 0.29) is 6.42 Å². The molecule has 0 heterocycles. The lowest BCUT2D eigenvalue weighted by Crippen LogP contribution is -2.38. The van der Waals surface area contributed by atoms with E-state index in [1.807, 2.05) is 6.07 Å². The number of carbonyl (C=O) groups is 1. The second-order valence-electron chi connectivity index (χ2n) is 3.50. The fourth-order valence-corrected chi connectivity index (χ4v) is 1.72. The third kappa shape index (κ3) is 3.43. The van der Waals surface area contributed by atoms with Crippen molar-refractivity contribution in [1.29, 1.82) is 5.26 Å². The van der Waals surface area contributed by atoms with E-state index in [1.54, 1.807) is 0 Å². The minimum Gasteiger partial charge on any atom is -0.370 e. The molecule has 1 unspecified atom stereocenters. The van der Waals surface area contributed by atoms with Crippen LogP contribution in [-0.2, 0) is 4.79 Å². The molecule has 13 heavy (non-hydrogen) atoms. The molecule has 1 fully saturated rings. The smallest absolute Gasteiger partial charge is 0.220 e. The van der Waals surface area contributed by atoms with Gasteiger partial charge in [0.1, 0.15) is 6.04 Å². The van der Waals surface area contributed by atoms with E-state index in [1.165, 1.54) is 12.8 Å². The van der Waals surface area contributed by atoms with Crippen molar-refractivity contribution in [3.05, 3.63) is 0 Å². The summed E-state index contributed by atoms with van der Waals surface area (Å²) in [6.45, 7) is 0. The lowest BCUT2D eigenvalue weighted by Gasteiger charge is -2.15. The highest BCUT2D eigenvalue weighted by Gasteiger charge is 2.19. The Hall–Kier alpha value is -1.08. The Morgan fingerprint density at radius 1 is 1.62 bits per heavy atom. The first kappa shape index (κ1) is 10.0. The number of hydrogen-bond acceptors (Lipinski definition) is 3. The standard InChI is InChI=1S/C9H15N3O/c10-6-8(5-9(11)13)12-7-3-1-2-4-7/h7-8,12H,1-5H2,(H2,11,13). The molecule has 4 nitrogen and oxygen atoms in total. The molecule has 0 aromatic heterocycles. The molecule has 0 spiro atoms. The van der Waals surface area contributed by atoms with E-state index < -0.39 is 11.9 Å². The molecule has 0 radical (unpaired) electrons. The molecule has 1 aliphatic carbocycles. The van der Waals surface area contributed by atoms with Gasteiger partial charge in [0.05, 0.1) is 12.5 Å². The number of nitrogens with two attached hydrogens (primary N) is 1. The highest BCUT2D eigenvalue weighted by molar-refractivity contribution is 5.74. The maximum atomic E-state index is 10.6. The van der Waals surface area contributed by atoms with Gasteiger partial charge in [0.25, 0.3) is 0 Å². The van der Waals surface area contributed by atoms with Gasteiger partial charge in [-0.3, -0.25) is 10.1 Å². The summed E-state index contributed by atoms with van der Waals surface area (Å²) in [6.07, 6.45) is 4.76.